The van der Waals surface area contributed by atoms with Crippen LogP contribution in [-0.2, 0) is 19.1 Å². The topological polar surface area (TPSA) is 107 Å². The van der Waals surface area contributed by atoms with Gasteiger partial charge in [-0.15, -0.1) is 0 Å². The van der Waals surface area contributed by atoms with Gasteiger partial charge in [0, 0.05) is 30.2 Å². The molecule has 0 unspecified atom stereocenters. The Hall–Kier alpha value is -3.06. The van der Waals surface area contributed by atoms with Crippen molar-refractivity contribution in [3.8, 4) is 5.75 Å². The molecular formula is C27H30O7. The fourth-order valence-corrected chi connectivity index (χ4v) is 5.91. The Morgan fingerprint density at radius 2 is 1.79 bits per heavy atom. The lowest BCUT2D eigenvalue weighted by Crippen LogP contribution is -2.57. The van der Waals surface area contributed by atoms with Crippen LogP contribution in [0.2, 0.25) is 0 Å². The summed E-state index contributed by atoms with van der Waals surface area (Å²) in [7, 11) is 0. The SMILES string of the molecule is CCC(=O)OCC(=O)[C@@]1(O)[C@H](C)C[C@H]2c3ccc4cc(OC(=O)CC)ccc4c3C(=O)C[C@@]21C. The van der Waals surface area contributed by atoms with Crippen molar-refractivity contribution in [2.24, 2.45) is 11.3 Å². The van der Waals surface area contributed by atoms with Crippen molar-refractivity contribution in [3.63, 3.8) is 0 Å². The summed E-state index contributed by atoms with van der Waals surface area (Å²) < 4.78 is 10.3. The van der Waals surface area contributed by atoms with Crippen LogP contribution >= 0.6 is 0 Å². The maximum atomic E-state index is 13.5. The van der Waals surface area contributed by atoms with Crippen LogP contribution in [0.5, 0.6) is 5.75 Å². The van der Waals surface area contributed by atoms with Crippen molar-refractivity contribution in [1.29, 1.82) is 0 Å². The van der Waals surface area contributed by atoms with Crippen LogP contribution in [0.4, 0.5) is 0 Å². The van der Waals surface area contributed by atoms with Crippen molar-refractivity contribution >= 4 is 34.3 Å². The lowest BCUT2D eigenvalue weighted by Gasteiger charge is -2.46. The van der Waals surface area contributed by atoms with E-state index in [1.807, 2.05) is 19.1 Å². The van der Waals surface area contributed by atoms with Gasteiger partial charge in [0.05, 0.1) is 0 Å². The molecule has 0 aromatic heterocycles. The Morgan fingerprint density at radius 3 is 2.47 bits per heavy atom. The van der Waals surface area contributed by atoms with Crippen LogP contribution in [-0.4, -0.2) is 40.8 Å². The Kier molecular flexibility index (Phi) is 6.10. The smallest absolute Gasteiger partial charge is 0.310 e. The van der Waals surface area contributed by atoms with Crippen LogP contribution in [0.1, 0.15) is 75.2 Å². The molecule has 0 bridgehead atoms. The summed E-state index contributed by atoms with van der Waals surface area (Å²) in [5, 5.41) is 13.3. The predicted octanol–water partition coefficient (Wildman–Crippen LogP) is 4.12. The molecular weight excluding hydrogens is 436 g/mol. The molecule has 0 radical (unpaired) electrons. The maximum absolute atomic E-state index is 13.5. The molecule has 0 amide bonds. The average Bonchev–Trinajstić information content (AvgIpc) is 3.02. The van der Waals surface area contributed by atoms with Crippen LogP contribution in [0.3, 0.4) is 0 Å². The number of aliphatic hydroxyl groups is 1. The summed E-state index contributed by atoms with van der Waals surface area (Å²) in [5.41, 5.74) is -1.40. The second kappa shape index (κ2) is 8.62. The Labute approximate surface area is 198 Å². The highest BCUT2D eigenvalue weighted by Gasteiger charge is 2.66. The van der Waals surface area contributed by atoms with Gasteiger partial charge in [0.2, 0.25) is 5.78 Å². The van der Waals surface area contributed by atoms with E-state index < -0.39 is 35.3 Å². The van der Waals surface area contributed by atoms with Crippen molar-refractivity contribution in [1.82, 2.24) is 0 Å². The molecule has 0 aliphatic heterocycles. The number of carbonyl (C=O) groups is 4. The fourth-order valence-electron chi connectivity index (χ4n) is 5.91. The Balaban J connectivity index is 1.74. The highest BCUT2D eigenvalue weighted by Crippen LogP contribution is 2.63. The van der Waals surface area contributed by atoms with Crippen molar-refractivity contribution in [3.05, 3.63) is 41.5 Å². The third-order valence-corrected chi connectivity index (χ3v) is 7.75. The zero-order valence-electron chi connectivity index (χ0n) is 20.0. The zero-order chi connectivity index (χ0) is 24.8. The first kappa shape index (κ1) is 24.1. The third-order valence-electron chi connectivity index (χ3n) is 7.75. The summed E-state index contributed by atoms with van der Waals surface area (Å²) in [6.45, 7) is 6.45. The van der Waals surface area contributed by atoms with E-state index in [1.165, 1.54) is 0 Å². The average molecular weight is 467 g/mol. The lowest BCUT2D eigenvalue weighted by atomic mass is 9.59. The molecule has 2 aromatic carbocycles. The molecule has 2 aliphatic rings. The Morgan fingerprint density at radius 1 is 1.09 bits per heavy atom. The minimum Gasteiger partial charge on any atom is -0.458 e. The van der Waals surface area contributed by atoms with Gasteiger partial charge in [0.15, 0.2) is 12.4 Å². The summed E-state index contributed by atoms with van der Waals surface area (Å²) in [6.07, 6.45) is 0.932. The molecule has 7 nitrogen and oxygen atoms in total. The molecule has 2 aliphatic carbocycles. The van der Waals surface area contributed by atoms with E-state index in [-0.39, 0.29) is 36.9 Å². The number of fused-ring (bicyclic) bond motifs is 5. The van der Waals surface area contributed by atoms with Crippen LogP contribution in [0.25, 0.3) is 10.8 Å². The number of hydrogen-bond donors (Lipinski definition) is 1. The van der Waals surface area contributed by atoms with E-state index in [9.17, 15) is 24.3 Å². The monoisotopic (exact) mass is 466 g/mol. The van der Waals surface area contributed by atoms with E-state index in [0.29, 0.717) is 17.7 Å². The van der Waals surface area contributed by atoms with Crippen molar-refractivity contribution < 1.29 is 33.8 Å². The first-order valence-electron chi connectivity index (χ1n) is 11.8. The van der Waals surface area contributed by atoms with Gasteiger partial charge < -0.3 is 14.6 Å². The number of ketones is 2. The van der Waals surface area contributed by atoms with E-state index in [1.54, 1.807) is 39.0 Å². The van der Waals surface area contributed by atoms with Gasteiger partial charge in [0.25, 0.3) is 0 Å². The largest absolute Gasteiger partial charge is 0.458 e. The number of hydrogen-bond acceptors (Lipinski definition) is 7. The molecule has 4 atom stereocenters. The first-order chi connectivity index (χ1) is 16.1. The number of benzene rings is 2. The number of Topliss-reactive ketones (excluding diaryl/α,β-unsaturated/α-hetero) is 2. The molecule has 4 rings (SSSR count). The highest BCUT2D eigenvalue weighted by atomic mass is 16.5. The molecule has 0 spiro atoms. The number of rotatable bonds is 6. The lowest BCUT2D eigenvalue weighted by molar-refractivity contribution is -0.165. The van der Waals surface area contributed by atoms with E-state index in [0.717, 1.165) is 16.3 Å². The van der Waals surface area contributed by atoms with Crippen LogP contribution in [0.15, 0.2) is 30.3 Å². The van der Waals surface area contributed by atoms with E-state index in [4.69, 9.17) is 9.47 Å². The van der Waals surface area contributed by atoms with Gasteiger partial charge in [-0.05, 0) is 52.8 Å². The van der Waals surface area contributed by atoms with Crippen molar-refractivity contribution in [2.45, 2.75) is 64.9 Å². The van der Waals surface area contributed by atoms with Gasteiger partial charge in [-0.1, -0.05) is 39.8 Å². The molecule has 2 aromatic rings. The normalized spacial score (nSPS) is 27.7. The molecule has 1 N–H and O–H groups in total. The Bertz CT molecular complexity index is 1200. The molecule has 1 fully saturated rings. The summed E-state index contributed by atoms with van der Waals surface area (Å²) in [4.78, 5) is 49.9. The molecule has 7 heteroatoms. The van der Waals surface area contributed by atoms with Gasteiger partial charge in [0.1, 0.15) is 11.4 Å². The zero-order valence-corrected chi connectivity index (χ0v) is 20.0. The molecule has 1 saturated carbocycles. The van der Waals surface area contributed by atoms with Crippen LogP contribution < -0.4 is 4.74 Å². The standard InChI is InChI=1S/C27H30O7/c1-5-23(30)33-14-22(29)27(32)15(3)11-20-19-9-7-16-12-17(34-24(31)6-2)8-10-18(16)25(19)21(28)13-26(20,27)4/h7-10,12,15,20,32H,5-6,11,13-14H2,1-4H3/t15-,20+,26+,27+/m1/s1. The third kappa shape index (κ3) is 3.54. The van der Waals surface area contributed by atoms with Gasteiger partial charge >= 0.3 is 11.9 Å². The number of esters is 2. The first-order valence-corrected chi connectivity index (χ1v) is 11.8. The minimum absolute atomic E-state index is 0.00462. The second-order valence-corrected chi connectivity index (χ2v) is 9.65. The van der Waals surface area contributed by atoms with E-state index in [2.05, 4.69) is 0 Å². The minimum atomic E-state index is -1.79. The van der Waals surface area contributed by atoms with Gasteiger partial charge in [-0.3, -0.25) is 19.2 Å². The highest BCUT2D eigenvalue weighted by molar-refractivity contribution is 6.11. The molecule has 180 valence electrons. The van der Waals surface area contributed by atoms with Crippen molar-refractivity contribution in [2.75, 3.05) is 6.61 Å². The predicted molar refractivity (Wildman–Crippen MR) is 125 cm³/mol. The quantitative estimate of drug-likeness (QED) is 0.504. The summed E-state index contributed by atoms with van der Waals surface area (Å²) in [6, 6.07) is 8.96. The van der Waals surface area contributed by atoms with Gasteiger partial charge in [-0.25, -0.2) is 0 Å². The number of carbonyl (C=O) groups excluding carboxylic acids is 4. The summed E-state index contributed by atoms with van der Waals surface area (Å²) >= 11 is 0. The molecule has 34 heavy (non-hydrogen) atoms. The fraction of sp³-hybridized carbons (Fsp3) is 0.481. The van der Waals surface area contributed by atoms with Gasteiger partial charge in [-0.2, -0.15) is 0 Å². The summed E-state index contributed by atoms with van der Waals surface area (Å²) in [5.74, 6) is -1.77. The van der Waals surface area contributed by atoms with Crippen LogP contribution in [0, 0.1) is 11.3 Å². The molecule has 0 heterocycles. The number of ether oxygens (including phenoxy) is 2. The second-order valence-electron chi connectivity index (χ2n) is 9.65. The maximum Gasteiger partial charge on any atom is 0.310 e. The van der Waals surface area contributed by atoms with E-state index >= 15 is 0 Å². The molecule has 0 saturated heterocycles.